The normalized spacial score (nSPS) is 16.7. The van der Waals surface area contributed by atoms with Crippen LogP contribution >= 0.6 is 0 Å². The second-order valence-corrected chi connectivity index (χ2v) is 11.7. The highest BCUT2D eigenvalue weighted by Crippen LogP contribution is 2.51. The molecule has 0 heterocycles. The number of ether oxygens (including phenoxy) is 2. The summed E-state index contributed by atoms with van der Waals surface area (Å²) in [7, 11) is 0. The Hall–Kier alpha value is -3.58. The number of hydrogen-bond acceptors (Lipinski definition) is 6. The molecule has 234 valence electrons. The zero-order chi connectivity index (χ0) is 31.4. The average Bonchev–Trinajstić information content (AvgIpc) is 3.77. The Labute approximate surface area is 241 Å². The average molecular weight is 603 g/mol. The molecular weight excluding hydrogens is 564 g/mol. The summed E-state index contributed by atoms with van der Waals surface area (Å²) in [5, 5.41) is 9.24. The Morgan fingerprint density at radius 3 is 2.02 bits per heavy atom. The number of alkyl halides is 3. The van der Waals surface area contributed by atoms with Crippen molar-refractivity contribution in [3.8, 4) is 0 Å². The van der Waals surface area contributed by atoms with Crippen molar-refractivity contribution >= 4 is 35.4 Å². The lowest BCUT2D eigenvalue weighted by Crippen LogP contribution is -2.51. The van der Waals surface area contributed by atoms with E-state index < -0.39 is 60.1 Å². The minimum absolute atomic E-state index is 0.0185. The van der Waals surface area contributed by atoms with Crippen LogP contribution in [-0.4, -0.2) is 55.0 Å². The number of benzene rings is 1. The van der Waals surface area contributed by atoms with E-state index in [1.54, 1.807) is 26.1 Å². The Balaban J connectivity index is 1.90. The smallest absolute Gasteiger partial charge is 0.411 e. The predicted octanol–water partition coefficient (Wildman–Crippen LogP) is 5.44. The highest BCUT2D eigenvalue weighted by Gasteiger charge is 2.48. The molecule has 0 aliphatic heterocycles. The van der Waals surface area contributed by atoms with Crippen LogP contribution in [0.3, 0.4) is 0 Å². The lowest BCUT2D eigenvalue weighted by Gasteiger charge is -2.29. The van der Waals surface area contributed by atoms with Gasteiger partial charge in [0, 0.05) is 0 Å². The van der Waals surface area contributed by atoms with Crippen LogP contribution in [0.5, 0.6) is 0 Å². The van der Waals surface area contributed by atoms with Gasteiger partial charge in [0.15, 0.2) is 0 Å². The summed E-state index contributed by atoms with van der Waals surface area (Å²) in [6, 6.07) is 0.873. The quantitative estimate of drug-likeness (QED) is 0.249. The van der Waals surface area contributed by atoms with E-state index in [1.807, 2.05) is 0 Å². The number of rotatable bonds is 11. The zero-order valence-electron chi connectivity index (χ0n) is 24.2. The fourth-order valence-corrected chi connectivity index (χ4v) is 4.78. The standard InChI is InChI=1S/C28H38F4N4O6/c1-6-41-25(39)35-19-12-20(18(29)11-17(19)14(2)23(37)33-13-28(30,31)32)34-24(38)22(36-26(40)42-27(3,4)5)21(15-7-8-15)16-9-10-16/h11-12,14-16,21-22H,6-10,13H2,1-5H3,(H,33,37)(H,34,38)(H,35,39)(H,36,40). The van der Waals surface area contributed by atoms with Gasteiger partial charge in [-0.3, -0.25) is 14.9 Å². The van der Waals surface area contributed by atoms with Crippen molar-refractivity contribution in [2.24, 2.45) is 17.8 Å². The topological polar surface area (TPSA) is 135 Å². The molecule has 2 aliphatic rings. The van der Waals surface area contributed by atoms with Gasteiger partial charge < -0.3 is 25.4 Å². The third-order valence-corrected chi connectivity index (χ3v) is 6.90. The summed E-state index contributed by atoms with van der Waals surface area (Å²) in [6.07, 6.45) is -2.84. The van der Waals surface area contributed by atoms with Gasteiger partial charge in [-0.05, 0) is 95.8 Å². The summed E-state index contributed by atoms with van der Waals surface area (Å²) in [6.45, 7) is 6.21. The minimum Gasteiger partial charge on any atom is -0.450 e. The summed E-state index contributed by atoms with van der Waals surface area (Å²) in [5.41, 5.74) is -1.49. The molecule has 2 unspecified atom stereocenters. The van der Waals surface area contributed by atoms with Crippen LogP contribution in [0.4, 0.5) is 38.5 Å². The molecule has 2 aliphatic carbocycles. The monoisotopic (exact) mass is 602 g/mol. The third kappa shape index (κ3) is 9.76. The molecule has 14 heteroatoms. The van der Waals surface area contributed by atoms with Gasteiger partial charge in [-0.1, -0.05) is 0 Å². The van der Waals surface area contributed by atoms with E-state index in [4.69, 9.17) is 9.47 Å². The Bertz CT molecular complexity index is 1170. The molecule has 2 atom stereocenters. The van der Waals surface area contributed by atoms with E-state index in [0.717, 1.165) is 37.8 Å². The summed E-state index contributed by atoms with van der Waals surface area (Å²) in [5.74, 6) is -3.84. The first-order chi connectivity index (χ1) is 19.5. The van der Waals surface area contributed by atoms with Crippen LogP contribution in [-0.2, 0) is 19.1 Å². The molecule has 0 spiro atoms. The zero-order valence-corrected chi connectivity index (χ0v) is 24.2. The lowest BCUT2D eigenvalue weighted by atomic mass is 9.88. The molecule has 1 aromatic carbocycles. The summed E-state index contributed by atoms with van der Waals surface area (Å²) >= 11 is 0. The fourth-order valence-electron chi connectivity index (χ4n) is 4.78. The van der Waals surface area contributed by atoms with Gasteiger partial charge in [0.25, 0.3) is 0 Å². The largest absolute Gasteiger partial charge is 0.450 e. The maximum atomic E-state index is 15.4. The second-order valence-electron chi connectivity index (χ2n) is 11.7. The molecule has 2 fully saturated rings. The number of anilines is 2. The second kappa shape index (κ2) is 13.2. The van der Waals surface area contributed by atoms with Crippen LogP contribution in [0.2, 0.25) is 0 Å². The number of hydrogen-bond donors (Lipinski definition) is 4. The lowest BCUT2D eigenvalue weighted by molar-refractivity contribution is -0.139. The maximum absolute atomic E-state index is 15.4. The van der Waals surface area contributed by atoms with E-state index in [2.05, 4.69) is 16.0 Å². The highest BCUT2D eigenvalue weighted by atomic mass is 19.4. The SMILES string of the molecule is CCOC(=O)Nc1cc(NC(=O)C(NC(=O)OC(C)(C)C)C(C2CC2)C2CC2)c(F)cc1C(C)C(=O)NCC(F)(F)F. The maximum Gasteiger partial charge on any atom is 0.411 e. The van der Waals surface area contributed by atoms with Gasteiger partial charge in [-0.15, -0.1) is 0 Å². The predicted molar refractivity (Wildman–Crippen MR) is 145 cm³/mol. The highest BCUT2D eigenvalue weighted by molar-refractivity contribution is 5.98. The minimum atomic E-state index is -4.66. The van der Waals surface area contributed by atoms with Crippen LogP contribution in [0.1, 0.15) is 71.8 Å². The van der Waals surface area contributed by atoms with Crippen LogP contribution in [0.25, 0.3) is 0 Å². The number of carbonyl (C=O) groups excluding carboxylic acids is 4. The van der Waals surface area contributed by atoms with E-state index in [1.165, 1.54) is 13.8 Å². The van der Waals surface area contributed by atoms with Crippen molar-refractivity contribution < 1.29 is 46.2 Å². The Kier molecular flexibility index (Phi) is 10.3. The fraction of sp³-hybridized carbons (Fsp3) is 0.643. The van der Waals surface area contributed by atoms with E-state index in [9.17, 15) is 32.3 Å². The molecule has 0 radical (unpaired) electrons. The molecule has 0 bridgehead atoms. The number of amides is 4. The molecule has 4 N–H and O–H groups in total. The molecule has 0 saturated heterocycles. The van der Waals surface area contributed by atoms with E-state index in [0.29, 0.717) is 0 Å². The van der Waals surface area contributed by atoms with Gasteiger partial charge in [0.2, 0.25) is 11.8 Å². The molecule has 3 rings (SSSR count). The first-order valence-corrected chi connectivity index (χ1v) is 13.9. The van der Waals surface area contributed by atoms with Gasteiger partial charge in [0.05, 0.1) is 23.9 Å². The third-order valence-electron chi connectivity index (χ3n) is 6.90. The first kappa shape index (κ1) is 32.9. The molecular formula is C28H38F4N4O6. The molecule has 42 heavy (non-hydrogen) atoms. The van der Waals surface area contributed by atoms with Crippen molar-refractivity contribution in [2.45, 2.75) is 84.0 Å². The van der Waals surface area contributed by atoms with Crippen molar-refractivity contribution in [1.82, 2.24) is 10.6 Å². The summed E-state index contributed by atoms with van der Waals surface area (Å²) < 4.78 is 63.5. The summed E-state index contributed by atoms with van der Waals surface area (Å²) in [4.78, 5) is 50.9. The number of alkyl carbamates (subject to hydrolysis) is 1. The number of carbonyl (C=O) groups is 4. The number of halogens is 4. The van der Waals surface area contributed by atoms with Crippen LogP contribution in [0, 0.1) is 23.6 Å². The Morgan fingerprint density at radius 1 is 0.929 bits per heavy atom. The van der Waals surface area contributed by atoms with Crippen LogP contribution < -0.4 is 21.3 Å². The van der Waals surface area contributed by atoms with E-state index >= 15 is 4.39 Å². The van der Waals surface area contributed by atoms with E-state index in [-0.39, 0.29) is 41.3 Å². The van der Waals surface area contributed by atoms with Crippen molar-refractivity contribution in [3.63, 3.8) is 0 Å². The molecule has 1 aromatic rings. The molecule has 0 aromatic heterocycles. The van der Waals surface area contributed by atoms with Crippen molar-refractivity contribution in [1.29, 1.82) is 0 Å². The van der Waals surface area contributed by atoms with Gasteiger partial charge in [-0.25, -0.2) is 14.0 Å². The molecule has 2 saturated carbocycles. The molecule has 10 nitrogen and oxygen atoms in total. The van der Waals surface area contributed by atoms with Gasteiger partial charge >= 0.3 is 18.4 Å². The van der Waals surface area contributed by atoms with Gasteiger partial charge in [0.1, 0.15) is 24.0 Å². The number of nitrogens with one attached hydrogen (secondary N) is 4. The van der Waals surface area contributed by atoms with Crippen LogP contribution in [0.15, 0.2) is 12.1 Å². The van der Waals surface area contributed by atoms with Crippen molar-refractivity contribution in [2.75, 3.05) is 23.8 Å². The van der Waals surface area contributed by atoms with Crippen molar-refractivity contribution in [3.05, 3.63) is 23.5 Å². The Morgan fingerprint density at radius 2 is 1.52 bits per heavy atom. The molecule has 4 amide bonds. The first-order valence-electron chi connectivity index (χ1n) is 13.9. The van der Waals surface area contributed by atoms with Gasteiger partial charge in [-0.2, -0.15) is 13.2 Å².